The van der Waals surface area contributed by atoms with E-state index in [4.69, 9.17) is 4.74 Å². The molecule has 1 saturated carbocycles. The highest BCUT2D eigenvalue weighted by Gasteiger charge is 2.25. The molecule has 0 radical (unpaired) electrons. The van der Waals surface area contributed by atoms with Crippen LogP contribution in [-0.4, -0.2) is 44.0 Å². The van der Waals surface area contributed by atoms with E-state index in [0.717, 1.165) is 25.7 Å². The zero-order valence-corrected chi connectivity index (χ0v) is 15.2. The topological polar surface area (TPSA) is 80.5 Å². The fraction of sp³-hybridized carbons (Fsp3) is 0.500. The predicted molar refractivity (Wildman–Crippen MR) is 93.3 cm³/mol. The summed E-state index contributed by atoms with van der Waals surface area (Å²) in [4.78, 5) is 17.7. The molecule has 1 aliphatic carbocycles. The van der Waals surface area contributed by atoms with Crippen LogP contribution in [0.15, 0.2) is 18.3 Å². The molecule has 2 aromatic heterocycles. The Bertz CT molecular complexity index is 819. The molecule has 0 atom stereocenters. The van der Waals surface area contributed by atoms with Crippen LogP contribution in [0, 0.1) is 0 Å². The van der Waals surface area contributed by atoms with E-state index in [9.17, 15) is 18.7 Å². The number of carbonyl (C=O) groups is 1. The molecule has 1 fully saturated rings. The molecule has 0 aliphatic heterocycles. The van der Waals surface area contributed by atoms with Crippen molar-refractivity contribution in [2.45, 2.75) is 44.8 Å². The number of carbonyl (C=O) groups excluding carboxylic acids is 1. The second-order valence-corrected chi connectivity index (χ2v) is 6.63. The van der Waals surface area contributed by atoms with Gasteiger partial charge in [-0.15, -0.1) is 0 Å². The Kier molecular flexibility index (Phi) is 5.57. The standard InChI is InChI=1S/C18H22F2N4O3/c1-23(11-5-3-4-6-11)18(26)27-10-14-12(9-21-24(14)2)13-7-8-15(25)16(22-13)17(19)20/h7-9,11,17,25H,3-6,10H2,1-2H3. The monoisotopic (exact) mass is 380 g/mol. The summed E-state index contributed by atoms with van der Waals surface area (Å²) in [5.74, 6) is -0.566. The molecule has 1 N–H and O–H groups in total. The quantitative estimate of drug-likeness (QED) is 0.857. The number of aromatic nitrogens is 3. The van der Waals surface area contributed by atoms with E-state index in [-0.39, 0.29) is 18.3 Å². The minimum Gasteiger partial charge on any atom is -0.506 e. The molecule has 0 aromatic carbocycles. The van der Waals surface area contributed by atoms with Crippen molar-refractivity contribution < 1.29 is 23.4 Å². The molecule has 0 spiro atoms. The maximum absolute atomic E-state index is 13.0. The van der Waals surface area contributed by atoms with Gasteiger partial charge in [0, 0.05) is 25.7 Å². The van der Waals surface area contributed by atoms with E-state index in [1.54, 1.807) is 19.0 Å². The Morgan fingerprint density at radius 2 is 2.11 bits per heavy atom. The molecule has 2 heterocycles. The first-order valence-electron chi connectivity index (χ1n) is 8.77. The minimum absolute atomic E-state index is 0.0612. The first kappa shape index (κ1) is 19.1. The summed E-state index contributed by atoms with van der Waals surface area (Å²) in [6, 6.07) is 2.78. The van der Waals surface area contributed by atoms with Gasteiger partial charge in [-0.2, -0.15) is 5.10 Å². The van der Waals surface area contributed by atoms with Crippen molar-refractivity contribution in [2.24, 2.45) is 7.05 Å². The Morgan fingerprint density at radius 1 is 1.41 bits per heavy atom. The molecule has 2 aromatic rings. The Labute approximate surface area is 155 Å². The van der Waals surface area contributed by atoms with Crippen LogP contribution in [0.3, 0.4) is 0 Å². The van der Waals surface area contributed by atoms with Gasteiger partial charge in [0.1, 0.15) is 18.1 Å². The molecule has 0 saturated heterocycles. The summed E-state index contributed by atoms with van der Waals surface area (Å²) in [6.45, 7) is -0.0612. The second-order valence-electron chi connectivity index (χ2n) is 6.63. The zero-order valence-electron chi connectivity index (χ0n) is 15.2. The average molecular weight is 380 g/mol. The van der Waals surface area contributed by atoms with E-state index in [2.05, 4.69) is 10.1 Å². The number of rotatable bonds is 5. The van der Waals surface area contributed by atoms with Crippen LogP contribution >= 0.6 is 0 Å². The maximum atomic E-state index is 13.0. The maximum Gasteiger partial charge on any atom is 0.410 e. The molecular weight excluding hydrogens is 358 g/mol. The molecule has 27 heavy (non-hydrogen) atoms. The smallest absolute Gasteiger partial charge is 0.410 e. The Hall–Kier alpha value is -2.71. The number of alkyl halides is 2. The van der Waals surface area contributed by atoms with Crippen molar-refractivity contribution in [3.8, 4) is 17.0 Å². The third-order valence-corrected chi connectivity index (χ3v) is 4.94. The fourth-order valence-electron chi connectivity index (χ4n) is 3.30. The zero-order chi connectivity index (χ0) is 19.6. The molecule has 146 valence electrons. The minimum atomic E-state index is -2.90. The van der Waals surface area contributed by atoms with Gasteiger partial charge < -0.3 is 14.7 Å². The predicted octanol–water partition coefficient (Wildman–Crippen LogP) is 3.64. The normalized spacial score (nSPS) is 14.7. The highest BCUT2D eigenvalue weighted by Crippen LogP contribution is 2.31. The second kappa shape index (κ2) is 7.89. The van der Waals surface area contributed by atoms with Crippen molar-refractivity contribution in [1.82, 2.24) is 19.7 Å². The third-order valence-electron chi connectivity index (χ3n) is 4.94. The van der Waals surface area contributed by atoms with Crippen LogP contribution < -0.4 is 0 Å². The lowest BCUT2D eigenvalue weighted by molar-refractivity contribution is 0.0899. The molecule has 0 bridgehead atoms. The van der Waals surface area contributed by atoms with Crippen molar-refractivity contribution >= 4 is 6.09 Å². The molecule has 9 heteroatoms. The van der Waals surface area contributed by atoms with Gasteiger partial charge in [0.15, 0.2) is 0 Å². The van der Waals surface area contributed by atoms with E-state index < -0.39 is 24.0 Å². The number of pyridine rings is 1. The lowest BCUT2D eigenvalue weighted by Gasteiger charge is -2.23. The fourth-order valence-corrected chi connectivity index (χ4v) is 3.30. The van der Waals surface area contributed by atoms with Crippen LogP contribution in [-0.2, 0) is 18.4 Å². The number of aryl methyl sites for hydroxylation is 1. The lowest BCUT2D eigenvalue weighted by atomic mass is 10.1. The van der Waals surface area contributed by atoms with Gasteiger partial charge in [0.25, 0.3) is 6.43 Å². The molecule has 3 rings (SSSR count). The van der Waals surface area contributed by atoms with E-state index in [1.165, 1.54) is 23.0 Å². The van der Waals surface area contributed by atoms with E-state index in [1.807, 2.05) is 0 Å². The van der Waals surface area contributed by atoms with Crippen LogP contribution in [0.1, 0.15) is 43.5 Å². The van der Waals surface area contributed by atoms with E-state index in [0.29, 0.717) is 11.3 Å². The Balaban J connectivity index is 1.77. The van der Waals surface area contributed by atoms with Crippen molar-refractivity contribution in [3.05, 3.63) is 29.7 Å². The van der Waals surface area contributed by atoms with Gasteiger partial charge >= 0.3 is 6.09 Å². The highest BCUT2D eigenvalue weighted by atomic mass is 19.3. The highest BCUT2D eigenvalue weighted by molar-refractivity contribution is 5.68. The van der Waals surface area contributed by atoms with Crippen molar-refractivity contribution in [1.29, 1.82) is 0 Å². The van der Waals surface area contributed by atoms with Gasteiger partial charge in [-0.05, 0) is 25.0 Å². The molecular formula is C18H22F2N4O3. The third kappa shape index (κ3) is 4.01. The summed E-state index contributed by atoms with van der Waals surface area (Å²) in [5.41, 5.74) is 0.531. The van der Waals surface area contributed by atoms with Gasteiger partial charge in [-0.1, -0.05) is 12.8 Å². The van der Waals surface area contributed by atoms with Crippen LogP contribution in [0.5, 0.6) is 5.75 Å². The summed E-state index contributed by atoms with van der Waals surface area (Å²) in [5, 5.41) is 13.6. The van der Waals surface area contributed by atoms with Crippen LogP contribution in [0.4, 0.5) is 13.6 Å². The summed E-state index contributed by atoms with van der Waals surface area (Å²) in [6.07, 6.45) is 2.29. The van der Waals surface area contributed by atoms with Crippen molar-refractivity contribution in [2.75, 3.05) is 7.05 Å². The first-order valence-corrected chi connectivity index (χ1v) is 8.77. The number of amides is 1. The van der Waals surface area contributed by atoms with Gasteiger partial charge in [-0.25, -0.2) is 18.6 Å². The van der Waals surface area contributed by atoms with Crippen LogP contribution in [0.2, 0.25) is 0 Å². The summed E-state index contributed by atoms with van der Waals surface area (Å²) in [7, 11) is 3.39. The van der Waals surface area contributed by atoms with Crippen molar-refractivity contribution in [3.63, 3.8) is 0 Å². The first-order chi connectivity index (χ1) is 12.9. The summed E-state index contributed by atoms with van der Waals surface area (Å²) < 4.78 is 32.9. The largest absolute Gasteiger partial charge is 0.506 e. The molecule has 1 aliphatic rings. The molecule has 7 nitrogen and oxygen atoms in total. The number of nitrogens with zero attached hydrogens (tertiary/aromatic N) is 4. The van der Waals surface area contributed by atoms with Gasteiger partial charge in [0.2, 0.25) is 0 Å². The number of ether oxygens (including phenoxy) is 1. The number of hydrogen-bond donors (Lipinski definition) is 1. The van der Waals surface area contributed by atoms with Gasteiger partial charge in [0.05, 0.1) is 17.6 Å². The Morgan fingerprint density at radius 3 is 2.78 bits per heavy atom. The number of halogens is 2. The lowest BCUT2D eigenvalue weighted by Crippen LogP contribution is -2.35. The number of aromatic hydroxyl groups is 1. The molecule has 1 amide bonds. The number of hydrogen-bond acceptors (Lipinski definition) is 5. The van der Waals surface area contributed by atoms with Gasteiger partial charge in [-0.3, -0.25) is 4.68 Å². The average Bonchev–Trinajstić information content (AvgIpc) is 3.29. The van der Waals surface area contributed by atoms with E-state index >= 15 is 0 Å². The summed E-state index contributed by atoms with van der Waals surface area (Å²) >= 11 is 0. The SMILES string of the molecule is CN(C(=O)OCc1c(-c2ccc(O)c(C(F)F)n2)cnn1C)C1CCCC1. The van der Waals surface area contributed by atoms with Crippen LogP contribution in [0.25, 0.3) is 11.3 Å². The molecule has 0 unspecified atom stereocenters.